The SMILES string of the molecule is C[C@@H](CNCc1nc2ccccc2[nH]1)c1ccccc1. The first kappa shape index (κ1) is 12.9. The van der Waals surface area contributed by atoms with Crippen LogP contribution in [0.4, 0.5) is 0 Å². The number of nitrogens with zero attached hydrogens (tertiary/aromatic N) is 1. The van der Waals surface area contributed by atoms with E-state index in [1.54, 1.807) is 0 Å². The summed E-state index contributed by atoms with van der Waals surface area (Å²) in [5, 5.41) is 3.47. The number of hydrogen-bond acceptors (Lipinski definition) is 2. The molecular formula is C17H19N3. The van der Waals surface area contributed by atoms with Gasteiger partial charge in [-0.15, -0.1) is 0 Å². The second-order valence-corrected chi connectivity index (χ2v) is 5.14. The molecule has 3 heteroatoms. The summed E-state index contributed by atoms with van der Waals surface area (Å²) in [5.41, 5.74) is 3.49. The van der Waals surface area contributed by atoms with Gasteiger partial charge in [0.1, 0.15) is 5.82 Å². The minimum Gasteiger partial charge on any atom is -0.341 e. The van der Waals surface area contributed by atoms with Crippen LogP contribution in [0.3, 0.4) is 0 Å². The van der Waals surface area contributed by atoms with Gasteiger partial charge in [-0.2, -0.15) is 0 Å². The van der Waals surface area contributed by atoms with Gasteiger partial charge in [-0.1, -0.05) is 49.4 Å². The van der Waals surface area contributed by atoms with E-state index in [4.69, 9.17) is 0 Å². The normalized spacial score (nSPS) is 12.7. The van der Waals surface area contributed by atoms with E-state index < -0.39 is 0 Å². The average molecular weight is 265 g/mol. The molecule has 0 aliphatic rings. The second-order valence-electron chi connectivity index (χ2n) is 5.14. The van der Waals surface area contributed by atoms with Crippen LogP contribution in [0.15, 0.2) is 54.6 Å². The highest BCUT2D eigenvalue weighted by Crippen LogP contribution is 2.14. The van der Waals surface area contributed by atoms with Crippen LogP contribution >= 0.6 is 0 Å². The molecule has 1 heterocycles. The van der Waals surface area contributed by atoms with Gasteiger partial charge >= 0.3 is 0 Å². The molecule has 0 bridgehead atoms. The minimum atomic E-state index is 0.501. The molecule has 0 aliphatic carbocycles. The molecule has 3 rings (SSSR count). The Hall–Kier alpha value is -2.13. The summed E-state index contributed by atoms with van der Waals surface area (Å²) in [6.07, 6.45) is 0. The molecule has 0 unspecified atom stereocenters. The van der Waals surface area contributed by atoms with Crippen molar-refractivity contribution in [3.63, 3.8) is 0 Å². The maximum Gasteiger partial charge on any atom is 0.121 e. The molecule has 0 aliphatic heterocycles. The number of aromatic amines is 1. The van der Waals surface area contributed by atoms with Gasteiger partial charge in [-0.3, -0.25) is 0 Å². The van der Waals surface area contributed by atoms with E-state index in [1.807, 2.05) is 18.2 Å². The zero-order valence-corrected chi connectivity index (χ0v) is 11.6. The van der Waals surface area contributed by atoms with E-state index in [1.165, 1.54) is 5.56 Å². The summed E-state index contributed by atoms with van der Waals surface area (Å²) < 4.78 is 0. The van der Waals surface area contributed by atoms with E-state index in [2.05, 4.69) is 58.6 Å². The Kier molecular flexibility index (Phi) is 3.79. The van der Waals surface area contributed by atoms with Crippen LogP contribution in [0.25, 0.3) is 11.0 Å². The molecule has 0 radical (unpaired) electrons. The van der Waals surface area contributed by atoms with E-state index in [9.17, 15) is 0 Å². The van der Waals surface area contributed by atoms with Crippen molar-refractivity contribution in [2.45, 2.75) is 19.4 Å². The lowest BCUT2D eigenvalue weighted by Crippen LogP contribution is -2.20. The largest absolute Gasteiger partial charge is 0.341 e. The van der Waals surface area contributed by atoms with E-state index in [0.29, 0.717) is 5.92 Å². The number of rotatable bonds is 5. The number of H-pyrrole nitrogens is 1. The van der Waals surface area contributed by atoms with Gasteiger partial charge in [0.15, 0.2) is 0 Å². The fourth-order valence-electron chi connectivity index (χ4n) is 2.40. The Balaban J connectivity index is 1.57. The van der Waals surface area contributed by atoms with Crippen molar-refractivity contribution >= 4 is 11.0 Å². The Bertz CT molecular complexity index is 640. The van der Waals surface area contributed by atoms with Crippen LogP contribution in [0.1, 0.15) is 24.2 Å². The molecule has 3 aromatic rings. The maximum absolute atomic E-state index is 4.56. The van der Waals surface area contributed by atoms with Gasteiger partial charge in [0.2, 0.25) is 0 Å². The van der Waals surface area contributed by atoms with Crippen molar-refractivity contribution in [1.29, 1.82) is 0 Å². The van der Waals surface area contributed by atoms with Crippen molar-refractivity contribution in [3.05, 3.63) is 66.0 Å². The minimum absolute atomic E-state index is 0.501. The lowest BCUT2D eigenvalue weighted by atomic mass is 10.0. The molecule has 0 spiro atoms. The molecule has 2 N–H and O–H groups in total. The monoisotopic (exact) mass is 265 g/mol. The van der Waals surface area contributed by atoms with Gasteiger partial charge in [0, 0.05) is 6.54 Å². The maximum atomic E-state index is 4.56. The first-order valence-electron chi connectivity index (χ1n) is 7.02. The third kappa shape index (κ3) is 2.89. The zero-order chi connectivity index (χ0) is 13.8. The van der Waals surface area contributed by atoms with Crippen molar-refractivity contribution in [1.82, 2.24) is 15.3 Å². The van der Waals surface area contributed by atoms with E-state index in [-0.39, 0.29) is 0 Å². The first-order chi connectivity index (χ1) is 9.83. The number of hydrogen-bond donors (Lipinski definition) is 2. The summed E-state index contributed by atoms with van der Waals surface area (Å²) in [6.45, 7) is 3.95. The predicted octanol–water partition coefficient (Wildman–Crippen LogP) is 3.46. The molecule has 0 amide bonds. The number of nitrogens with one attached hydrogen (secondary N) is 2. The number of imidazole rings is 1. The fraction of sp³-hybridized carbons (Fsp3) is 0.235. The lowest BCUT2D eigenvalue weighted by molar-refractivity contribution is 0.603. The average Bonchev–Trinajstić information content (AvgIpc) is 2.90. The first-order valence-corrected chi connectivity index (χ1v) is 7.02. The van der Waals surface area contributed by atoms with Crippen molar-refractivity contribution in [3.8, 4) is 0 Å². The molecule has 3 nitrogen and oxygen atoms in total. The molecule has 20 heavy (non-hydrogen) atoms. The Labute approximate surface area is 119 Å². The smallest absolute Gasteiger partial charge is 0.121 e. The molecule has 0 saturated heterocycles. The number of aromatic nitrogens is 2. The van der Waals surface area contributed by atoms with Crippen LogP contribution in [0.5, 0.6) is 0 Å². The summed E-state index contributed by atoms with van der Waals surface area (Å²) in [7, 11) is 0. The zero-order valence-electron chi connectivity index (χ0n) is 11.6. The fourth-order valence-corrected chi connectivity index (χ4v) is 2.40. The number of benzene rings is 2. The molecular weight excluding hydrogens is 246 g/mol. The van der Waals surface area contributed by atoms with Gasteiger partial charge in [-0.25, -0.2) is 4.98 Å². The van der Waals surface area contributed by atoms with Gasteiger partial charge < -0.3 is 10.3 Å². The Morgan fingerprint density at radius 1 is 1.05 bits per heavy atom. The topological polar surface area (TPSA) is 40.7 Å². The van der Waals surface area contributed by atoms with Gasteiger partial charge in [-0.05, 0) is 23.6 Å². The lowest BCUT2D eigenvalue weighted by Gasteiger charge is -2.12. The summed E-state index contributed by atoms with van der Waals surface area (Å²) >= 11 is 0. The third-order valence-electron chi connectivity index (χ3n) is 3.55. The van der Waals surface area contributed by atoms with E-state index >= 15 is 0 Å². The molecule has 0 saturated carbocycles. The molecule has 102 valence electrons. The standard InChI is InChI=1S/C17H19N3/c1-13(14-7-3-2-4-8-14)11-18-12-17-19-15-9-5-6-10-16(15)20-17/h2-10,13,18H,11-12H2,1H3,(H,19,20)/t13-/m0/s1. The predicted molar refractivity (Wildman–Crippen MR) is 82.7 cm³/mol. The molecule has 0 fully saturated rings. The third-order valence-corrected chi connectivity index (χ3v) is 3.55. The van der Waals surface area contributed by atoms with Crippen molar-refractivity contribution < 1.29 is 0 Å². The highest BCUT2D eigenvalue weighted by molar-refractivity contribution is 5.74. The van der Waals surface area contributed by atoms with Gasteiger partial charge in [0.25, 0.3) is 0 Å². The summed E-state index contributed by atoms with van der Waals surface area (Å²) in [4.78, 5) is 7.90. The number of fused-ring (bicyclic) bond motifs is 1. The molecule has 1 aromatic heterocycles. The Morgan fingerprint density at radius 2 is 1.80 bits per heavy atom. The molecule has 1 atom stereocenters. The quantitative estimate of drug-likeness (QED) is 0.741. The number of para-hydroxylation sites is 2. The van der Waals surface area contributed by atoms with Crippen LogP contribution < -0.4 is 5.32 Å². The highest BCUT2D eigenvalue weighted by Gasteiger charge is 2.05. The van der Waals surface area contributed by atoms with Gasteiger partial charge in [0.05, 0.1) is 17.6 Å². The summed E-state index contributed by atoms with van der Waals surface area (Å²) in [6, 6.07) is 18.7. The second kappa shape index (κ2) is 5.88. The van der Waals surface area contributed by atoms with Crippen molar-refractivity contribution in [2.75, 3.05) is 6.54 Å². The van der Waals surface area contributed by atoms with Crippen LogP contribution in [0, 0.1) is 0 Å². The van der Waals surface area contributed by atoms with E-state index in [0.717, 1.165) is 29.9 Å². The van der Waals surface area contributed by atoms with Crippen LogP contribution in [-0.2, 0) is 6.54 Å². The molecule has 2 aromatic carbocycles. The van der Waals surface area contributed by atoms with Crippen molar-refractivity contribution in [2.24, 2.45) is 0 Å². The van der Waals surface area contributed by atoms with Crippen LogP contribution in [0.2, 0.25) is 0 Å². The highest BCUT2D eigenvalue weighted by atomic mass is 15.0. The Morgan fingerprint density at radius 3 is 2.60 bits per heavy atom. The summed E-state index contributed by atoms with van der Waals surface area (Å²) in [5.74, 6) is 1.49. The van der Waals surface area contributed by atoms with Crippen LogP contribution in [-0.4, -0.2) is 16.5 Å².